The molecule has 0 unspecified atom stereocenters. The van der Waals surface area contributed by atoms with Crippen LogP contribution in [0.5, 0.6) is 0 Å². The van der Waals surface area contributed by atoms with Crippen LogP contribution in [0.4, 0.5) is 4.11 Å². The molecule has 0 bridgehead atoms. The molecule has 0 aromatic rings. The van der Waals surface area contributed by atoms with E-state index in [4.69, 9.17) is 0 Å². The van der Waals surface area contributed by atoms with Crippen LogP contribution in [0.15, 0.2) is 0 Å². The quantitative estimate of drug-likeness (QED) is 0.314. The maximum absolute atomic E-state index is 11.4. The van der Waals surface area contributed by atoms with Crippen LogP contribution in [0.1, 0.15) is 45.4 Å². The maximum Gasteiger partial charge on any atom is 0.485 e. The molecule has 0 aliphatic heterocycles. The minimum atomic E-state index is -0.830. The fourth-order valence-electron chi connectivity index (χ4n) is 0.993. The van der Waals surface area contributed by atoms with E-state index in [1.807, 2.05) is 0 Å². The number of hydrogen-bond donors (Lipinski definition) is 0. The van der Waals surface area contributed by atoms with Gasteiger partial charge in [-0.15, -0.1) is 0 Å². The second-order valence-corrected chi connectivity index (χ2v) is 3.14. The van der Waals surface area contributed by atoms with Gasteiger partial charge in [0.2, 0.25) is 0 Å². The minimum Gasteiger partial charge on any atom is -0.389 e. The highest BCUT2D eigenvalue weighted by atomic mass is 28.3. The lowest BCUT2D eigenvalue weighted by Gasteiger charge is -1.98. The SMILES string of the molecule is CCCCCCCCO[Si]F. The van der Waals surface area contributed by atoms with Crippen LogP contribution < -0.4 is 0 Å². The van der Waals surface area contributed by atoms with Gasteiger partial charge in [-0.25, -0.2) is 0 Å². The molecule has 0 fully saturated rings. The van der Waals surface area contributed by atoms with E-state index >= 15 is 0 Å². The van der Waals surface area contributed by atoms with E-state index in [9.17, 15) is 4.11 Å². The minimum absolute atomic E-state index is 0.598. The van der Waals surface area contributed by atoms with Gasteiger partial charge in [-0.1, -0.05) is 39.0 Å². The van der Waals surface area contributed by atoms with E-state index in [2.05, 4.69) is 11.3 Å². The van der Waals surface area contributed by atoms with E-state index in [1.54, 1.807) is 0 Å². The molecule has 0 spiro atoms. The first kappa shape index (κ1) is 11.1. The van der Waals surface area contributed by atoms with Crippen LogP contribution in [0.2, 0.25) is 0 Å². The van der Waals surface area contributed by atoms with Crippen molar-refractivity contribution in [3.05, 3.63) is 0 Å². The third-order valence-corrected chi connectivity index (χ3v) is 1.97. The molecule has 0 atom stereocenters. The molecule has 0 amide bonds. The molecule has 0 rings (SSSR count). The maximum atomic E-state index is 11.4. The third-order valence-electron chi connectivity index (χ3n) is 1.65. The van der Waals surface area contributed by atoms with Crippen molar-refractivity contribution in [1.29, 1.82) is 0 Å². The Bertz CT molecular complexity index is 63.1. The van der Waals surface area contributed by atoms with Gasteiger partial charge < -0.3 is 4.43 Å². The highest BCUT2D eigenvalue weighted by molar-refractivity contribution is 6.16. The molecule has 11 heavy (non-hydrogen) atoms. The first-order valence-corrected chi connectivity index (χ1v) is 5.18. The molecule has 66 valence electrons. The van der Waals surface area contributed by atoms with Crippen molar-refractivity contribution < 1.29 is 8.53 Å². The predicted molar refractivity (Wildman–Crippen MR) is 46.2 cm³/mol. The standard InChI is InChI=1S/C8H17FOSi/c1-2-3-4-5-6-7-8-10-11-9/h2-8H2,1H3. The summed E-state index contributed by atoms with van der Waals surface area (Å²) in [6, 6.07) is 0. The van der Waals surface area contributed by atoms with E-state index < -0.39 is 10.1 Å². The molecule has 0 saturated carbocycles. The molecular formula is C8H17FOSi. The zero-order chi connectivity index (χ0) is 8.36. The molecule has 0 heterocycles. The molecule has 0 aliphatic carbocycles. The molecular weight excluding hydrogens is 159 g/mol. The smallest absolute Gasteiger partial charge is 0.389 e. The summed E-state index contributed by atoms with van der Waals surface area (Å²) in [6.07, 6.45) is 7.39. The van der Waals surface area contributed by atoms with Crippen molar-refractivity contribution in [3.63, 3.8) is 0 Å². The molecule has 0 aromatic carbocycles. The average Bonchev–Trinajstić information content (AvgIpc) is 2.03. The zero-order valence-corrected chi connectivity index (χ0v) is 8.24. The van der Waals surface area contributed by atoms with E-state index in [0.717, 1.165) is 6.42 Å². The van der Waals surface area contributed by atoms with Crippen LogP contribution in [0, 0.1) is 0 Å². The lowest BCUT2D eigenvalue weighted by Crippen LogP contribution is -1.94. The van der Waals surface area contributed by atoms with Crippen molar-refractivity contribution in [2.24, 2.45) is 0 Å². The van der Waals surface area contributed by atoms with Gasteiger partial charge in [0.25, 0.3) is 0 Å². The van der Waals surface area contributed by atoms with E-state index in [1.165, 1.54) is 32.1 Å². The topological polar surface area (TPSA) is 9.23 Å². The van der Waals surface area contributed by atoms with Gasteiger partial charge in [0, 0.05) is 6.61 Å². The van der Waals surface area contributed by atoms with E-state index in [0.29, 0.717) is 6.61 Å². The van der Waals surface area contributed by atoms with Gasteiger partial charge in [-0.05, 0) is 6.42 Å². The fourth-order valence-corrected chi connectivity index (χ4v) is 1.21. The monoisotopic (exact) mass is 176 g/mol. The highest BCUT2D eigenvalue weighted by Crippen LogP contribution is 2.04. The molecule has 0 saturated heterocycles. The summed E-state index contributed by atoms with van der Waals surface area (Å²) in [5, 5.41) is 0. The molecule has 0 N–H and O–H groups in total. The second-order valence-electron chi connectivity index (χ2n) is 2.69. The molecule has 0 aromatic heterocycles. The Labute approximate surface area is 71.4 Å². The normalized spacial score (nSPS) is 10.4. The Balaban J connectivity index is 2.69. The van der Waals surface area contributed by atoms with Gasteiger partial charge in [-0.3, -0.25) is 4.11 Å². The number of unbranched alkanes of at least 4 members (excludes halogenated alkanes) is 5. The first-order valence-electron chi connectivity index (χ1n) is 4.39. The molecule has 0 aliphatic rings. The summed E-state index contributed by atoms with van der Waals surface area (Å²) < 4.78 is 16.0. The van der Waals surface area contributed by atoms with Crippen LogP contribution in [0.25, 0.3) is 0 Å². The average molecular weight is 176 g/mol. The van der Waals surface area contributed by atoms with Crippen LogP contribution in [-0.4, -0.2) is 16.7 Å². The predicted octanol–water partition coefficient (Wildman–Crippen LogP) is 2.87. The lowest BCUT2D eigenvalue weighted by atomic mass is 10.1. The van der Waals surface area contributed by atoms with Crippen molar-refractivity contribution >= 4 is 10.1 Å². The van der Waals surface area contributed by atoms with E-state index in [-0.39, 0.29) is 0 Å². The Kier molecular flexibility index (Phi) is 10.2. The Morgan fingerprint density at radius 3 is 2.36 bits per heavy atom. The summed E-state index contributed by atoms with van der Waals surface area (Å²) in [6.45, 7) is 2.80. The van der Waals surface area contributed by atoms with Gasteiger partial charge >= 0.3 is 10.1 Å². The summed E-state index contributed by atoms with van der Waals surface area (Å²) in [4.78, 5) is 0. The van der Waals surface area contributed by atoms with Gasteiger partial charge in [0.05, 0.1) is 0 Å². The number of hydrogen-bond acceptors (Lipinski definition) is 1. The Morgan fingerprint density at radius 2 is 1.73 bits per heavy atom. The van der Waals surface area contributed by atoms with Crippen LogP contribution in [0.3, 0.4) is 0 Å². The van der Waals surface area contributed by atoms with Crippen LogP contribution in [-0.2, 0) is 4.43 Å². The zero-order valence-electron chi connectivity index (χ0n) is 7.24. The third kappa shape index (κ3) is 10.1. The summed E-state index contributed by atoms with van der Waals surface area (Å²) in [5.41, 5.74) is 0. The van der Waals surface area contributed by atoms with Gasteiger partial charge in [0.15, 0.2) is 0 Å². The van der Waals surface area contributed by atoms with Crippen LogP contribution >= 0.6 is 0 Å². The molecule has 1 nitrogen and oxygen atoms in total. The van der Waals surface area contributed by atoms with Gasteiger partial charge in [0.1, 0.15) is 0 Å². The van der Waals surface area contributed by atoms with Crippen molar-refractivity contribution in [2.75, 3.05) is 6.61 Å². The van der Waals surface area contributed by atoms with Crippen molar-refractivity contribution in [1.82, 2.24) is 0 Å². The summed E-state index contributed by atoms with van der Waals surface area (Å²) in [7, 11) is -0.830. The second kappa shape index (κ2) is 10.1. The summed E-state index contributed by atoms with van der Waals surface area (Å²) in [5.74, 6) is 0. The largest absolute Gasteiger partial charge is 0.485 e. The molecule has 3 heteroatoms. The fraction of sp³-hybridized carbons (Fsp3) is 1.00. The highest BCUT2D eigenvalue weighted by Gasteiger charge is 1.90. The Hall–Kier alpha value is 0.107. The van der Waals surface area contributed by atoms with Crippen molar-refractivity contribution in [3.8, 4) is 0 Å². The number of halogens is 1. The van der Waals surface area contributed by atoms with Crippen molar-refractivity contribution in [2.45, 2.75) is 45.4 Å². The van der Waals surface area contributed by atoms with Gasteiger partial charge in [-0.2, -0.15) is 0 Å². The lowest BCUT2D eigenvalue weighted by molar-refractivity contribution is 0.299. The molecule has 2 radical (unpaired) electrons. The first-order chi connectivity index (χ1) is 5.41. The Morgan fingerprint density at radius 1 is 1.09 bits per heavy atom. The number of rotatable bonds is 8. The summed E-state index contributed by atoms with van der Waals surface area (Å²) >= 11 is 0.